The van der Waals surface area contributed by atoms with Crippen LogP contribution in [0.2, 0.25) is 5.15 Å². The monoisotopic (exact) mass is 323 g/mol. The molecule has 1 aromatic carbocycles. The number of anilines is 2. The minimum Gasteiger partial charge on any atom is -0.368 e. The van der Waals surface area contributed by atoms with Crippen LogP contribution in [0.25, 0.3) is 0 Å². The van der Waals surface area contributed by atoms with E-state index >= 15 is 0 Å². The Kier molecular flexibility index (Phi) is 4.16. The van der Waals surface area contributed by atoms with Gasteiger partial charge in [0.2, 0.25) is 0 Å². The molecule has 22 heavy (non-hydrogen) atoms. The van der Waals surface area contributed by atoms with Crippen molar-refractivity contribution in [1.29, 1.82) is 0 Å². The van der Waals surface area contributed by atoms with E-state index in [-0.39, 0.29) is 0 Å². The van der Waals surface area contributed by atoms with Crippen LogP contribution >= 0.6 is 11.6 Å². The van der Waals surface area contributed by atoms with Gasteiger partial charge >= 0.3 is 0 Å². The summed E-state index contributed by atoms with van der Waals surface area (Å²) in [7, 11) is 0. The lowest BCUT2D eigenvalue weighted by atomic mass is 10.2. The summed E-state index contributed by atoms with van der Waals surface area (Å²) in [6, 6.07) is 5.65. The highest BCUT2D eigenvalue weighted by Crippen LogP contribution is 2.27. The minimum atomic E-state index is -0.554. The molecule has 1 aliphatic heterocycles. The molecule has 0 aliphatic carbocycles. The number of hydrogen-bond donors (Lipinski definition) is 0. The highest BCUT2D eigenvalue weighted by atomic mass is 35.5. The van der Waals surface area contributed by atoms with Crippen LogP contribution in [0.1, 0.15) is 5.56 Å². The van der Waals surface area contributed by atoms with Gasteiger partial charge in [-0.15, -0.1) is 0 Å². The van der Waals surface area contributed by atoms with E-state index in [2.05, 4.69) is 9.88 Å². The van der Waals surface area contributed by atoms with E-state index in [0.717, 1.165) is 30.4 Å². The second kappa shape index (κ2) is 6.08. The maximum Gasteiger partial charge on any atom is 0.149 e. The maximum absolute atomic E-state index is 13.9. The van der Waals surface area contributed by atoms with Crippen molar-refractivity contribution >= 4 is 23.0 Å². The lowest BCUT2D eigenvalue weighted by molar-refractivity contribution is 0.570. The average molecular weight is 324 g/mol. The lowest BCUT2D eigenvalue weighted by Gasteiger charge is -2.38. The number of piperazine rings is 1. The summed E-state index contributed by atoms with van der Waals surface area (Å²) in [5.74, 6) is -1.07. The van der Waals surface area contributed by atoms with Crippen LogP contribution in [0.4, 0.5) is 20.2 Å². The van der Waals surface area contributed by atoms with Crippen molar-refractivity contribution in [3.8, 4) is 0 Å². The van der Waals surface area contributed by atoms with Gasteiger partial charge in [0.15, 0.2) is 0 Å². The molecular weight excluding hydrogens is 308 g/mol. The highest BCUT2D eigenvalue weighted by Gasteiger charge is 2.21. The fourth-order valence-corrected chi connectivity index (χ4v) is 2.92. The molecule has 0 amide bonds. The molecule has 0 bridgehead atoms. The van der Waals surface area contributed by atoms with Crippen molar-refractivity contribution in [2.75, 3.05) is 36.0 Å². The van der Waals surface area contributed by atoms with Gasteiger partial charge in [-0.1, -0.05) is 11.6 Å². The normalized spacial score (nSPS) is 15.3. The molecular formula is C16H16ClF2N3. The maximum atomic E-state index is 13.9. The first-order valence-corrected chi connectivity index (χ1v) is 7.50. The van der Waals surface area contributed by atoms with Crippen LogP contribution in [0.15, 0.2) is 30.5 Å². The predicted molar refractivity (Wildman–Crippen MR) is 84.8 cm³/mol. The van der Waals surface area contributed by atoms with Crippen LogP contribution in [-0.2, 0) is 0 Å². The van der Waals surface area contributed by atoms with E-state index in [1.807, 2.05) is 17.9 Å². The first kappa shape index (κ1) is 15.0. The predicted octanol–water partition coefficient (Wildman–Crippen LogP) is 3.65. The molecule has 0 spiro atoms. The van der Waals surface area contributed by atoms with Crippen molar-refractivity contribution in [3.63, 3.8) is 0 Å². The Bertz CT molecular complexity index is 685. The van der Waals surface area contributed by atoms with E-state index in [1.165, 1.54) is 12.1 Å². The van der Waals surface area contributed by atoms with E-state index in [1.54, 1.807) is 6.20 Å². The Morgan fingerprint density at radius 1 is 1.00 bits per heavy atom. The molecule has 6 heteroatoms. The molecule has 2 heterocycles. The zero-order valence-corrected chi connectivity index (χ0v) is 12.9. The summed E-state index contributed by atoms with van der Waals surface area (Å²) in [6.07, 6.45) is 1.69. The third-order valence-corrected chi connectivity index (χ3v) is 4.37. The van der Waals surface area contributed by atoms with Crippen LogP contribution in [-0.4, -0.2) is 31.2 Å². The van der Waals surface area contributed by atoms with Crippen LogP contribution < -0.4 is 9.80 Å². The lowest BCUT2D eigenvalue weighted by Crippen LogP contribution is -2.47. The van der Waals surface area contributed by atoms with Crippen molar-refractivity contribution in [2.45, 2.75) is 6.92 Å². The van der Waals surface area contributed by atoms with Gasteiger partial charge in [0, 0.05) is 49.7 Å². The molecule has 0 saturated carbocycles. The third kappa shape index (κ3) is 2.86. The van der Waals surface area contributed by atoms with Gasteiger partial charge in [-0.2, -0.15) is 0 Å². The molecule has 0 unspecified atom stereocenters. The summed E-state index contributed by atoms with van der Waals surface area (Å²) in [5.41, 5.74) is 2.45. The van der Waals surface area contributed by atoms with Crippen LogP contribution in [0, 0.1) is 18.6 Å². The molecule has 2 aromatic rings. The number of rotatable bonds is 2. The molecule has 3 rings (SSSR count). The fourth-order valence-electron chi connectivity index (χ4n) is 2.77. The van der Waals surface area contributed by atoms with Crippen LogP contribution in [0.3, 0.4) is 0 Å². The number of aromatic nitrogens is 1. The van der Waals surface area contributed by atoms with Crippen molar-refractivity contribution in [3.05, 3.63) is 52.8 Å². The number of nitrogens with zero attached hydrogens (tertiary/aromatic N) is 3. The fraction of sp³-hybridized carbons (Fsp3) is 0.312. The molecule has 116 valence electrons. The number of halogens is 3. The van der Waals surface area contributed by atoms with Gasteiger partial charge < -0.3 is 9.80 Å². The highest BCUT2D eigenvalue weighted by molar-refractivity contribution is 6.30. The molecule has 1 fully saturated rings. The van der Waals surface area contributed by atoms with Gasteiger partial charge in [-0.25, -0.2) is 13.8 Å². The van der Waals surface area contributed by atoms with Crippen molar-refractivity contribution < 1.29 is 8.78 Å². The summed E-state index contributed by atoms with van der Waals surface area (Å²) in [4.78, 5) is 8.20. The zero-order chi connectivity index (χ0) is 15.7. The quantitative estimate of drug-likeness (QED) is 0.786. The van der Waals surface area contributed by atoms with Gasteiger partial charge in [0.05, 0.1) is 5.69 Å². The van der Waals surface area contributed by atoms with E-state index in [4.69, 9.17) is 11.6 Å². The molecule has 3 nitrogen and oxygen atoms in total. The van der Waals surface area contributed by atoms with Crippen molar-refractivity contribution in [2.24, 2.45) is 0 Å². The third-order valence-electron chi connectivity index (χ3n) is 3.98. The van der Waals surface area contributed by atoms with E-state index in [0.29, 0.717) is 23.9 Å². The Hall–Kier alpha value is -1.88. The summed E-state index contributed by atoms with van der Waals surface area (Å²) in [6.45, 7) is 4.77. The Balaban J connectivity index is 1.74. The Labute approximate surface area is 133 Å². The Morgan fingerprint density at radius 2 is 1.64 bits per heavy atom. The number of pyridine rings is 1. The topological polar surface area (TPSA) is 19.4 Å². The smallest absolute Gasteiger partial charge is 0.149 e. The molecule has 1 aliphatic rings. The molecule has 1 saturated heterocycles. The standard InChI is InChI=1S/C16H16ClF2N3/c1-11-14(4-5-20-16(11)17)21-6-8-22(9-7-21)15-3-2-12(18)10-13(15)19/h2-5,10H,6-9H2,1H3. The number of benzene rings is 1. The average Bonchev–Trinajstić information content (AvgIpc) is 2.50. The first-order chi connectivity index (χ1) is 10.6. The van der Waals surface area contributed by atoms with Gasteiger partial charge in [0.1, 0.15) is 16.8 Å². The summed E-state index contributed by atoms with van der Waals surface area (Å²) >= 11 is 6.06. The molecule has 0 atom stereocenters. The first-order valence-electron chi connectivity index (χ1n) is 7.12. The van der Waals surface area contributed by atoms with Gasteiger partial charge in [-0.3, -0.25) is 0 Å². The summed E-state index contributed by atoms with van der Waals surface area (Å²) in [5, 5.41) is 0.504. The van der Waals surface area contributed by atoms with E-state index in [9.17, 15) is 8.78 Å². The van der Waals surface area contributed by atoms with Crippen LogP contribution in [0.5, 0.6) is 0 Å². The second-order valence-corrected chi connectivity index (χ2v) is 5.67. The summed E-state index contributed by atoms with van der Waals surface area (Å²) < 4.78 is 26.8. The zero-order valence-electron chi connectivity index (χ0n) is 12.2. The Morgan fingerprint density at radius 3 is 2.27 bits per heavy atom. The molecule has 0 radical (unpaired) electrons. The van der Waals surface area contributed by atoms with E-state index < -0.39 is 11.6 Å². The second-order valence-electron chi connectivity index (χ2n) is 5.32. The van der Waals surface area contributed by atoms with Crippen molar-refractivity contribution in [1.82, 2.24) is 4.98 Å². The molecule has 0 N–H and O–H groups in total. The largest absolute Gasteiger partial charge is 0.368 e. The van der Waals surface area contributed by atoms with Gasteiger partial charge in [0.25, 0.3) is 0 Å². The number of hydrogen-bond acceptors (Lipinski definition) is 3. The minimum absolute atomic E-state index is 0.450. The molecule has 1 aromatic heterocycles. The SMILES string of the molecule is Cc1c(N2CCN(c3ccc(F)cc3F)CC2)ccnc1Cl. The van der Waals surface area contributed by atoms with Gasteiger partial charge in [-0.05, 0) is 25.1 Å².